The van der Waals surface area contributed by atoms with Crippen LogP contribution in [0.3, 0.4) is 0 Å². The molecule has 29 heavy (non-hydrogen) atoms. The topological polar surface area (TPSA) is 72.2 Å². The molecule has 0 saturated heterocycles. The van der Waals surface area contributed by atoms with Crippen molar-refractivity contribution < 1.29 is 44.5 Å². The number of hydrogen-bond acceptors (Lipinski definition) is 4. The van der Waals surface area contributed by atoms with Crippen molar-refractivity contribution in [3.63, 3.8) is 0 Å². The number of rotatable bonds is 8. The number of carbonyl (C=O) groups is 1. The van der Waals surface area contributed by atoms with E-state index in [1.165, 1.54) is 0 Å². The van der Waals surface area contributed by atoms with E-state index in [9.17, 15) is 9.00 Å². The van der Waals surface area contributed by atoms with E-state index in [0.717, 1.165) is 17.5 Å². The molecule has 1 unspecified atom stereocenters. The Morgan fingerprint density at radius 2 is 1.97 bits per heavy atom. The van der Waals surface area contributed by atoms with E-state index in [1.54, 1.807) is 19.1 Å². The summed E-state index contributed by atoms with van der Waals surface area (Å²) >= 11 is 0. The van der Waals surface area contributed by atoms with Crippen LogP contribution in [0, 0.1) is 51.5 Å². The fourth-order valence-electron chi connectivity index (χ4n) is 2.60. The second-order valence-corrected chi connectivity index (χ2v) is 7.59. The Hall–Kier alpha value is -1.68. The van der Waals surface area contributed by atoms with Gasteiger partial charge in [-0.2, -0.15) is 30.3 Å². The van der Waals surface area contributed by atoms with Crippen molar-refractivity contribution in [2.24, 2.45) is 0 Å². The van der Waals surface area contributed by atoms with Gasteiger partial charge in [0.2, 0.25) is 5.91 Å². The van der Waals surface area contributed by atoms with Crippen LogP contribution in [-0.2, 0) is 27.8 Å². The predicted molar refractivity (Wildman–Crippen MR) is 112 cm³/mol. The van der Waals surface area contributed by atoms with Crippen molar-refractivity contribution in [1.29, 1.82) is 0 Å². The zero-order valence-corrected chi connectivity index (χ0v) is 21.6. The Morgan fingerprint density at radius 1 is 1.21 bits per heavy atom. The monoisotopic (exact) mass is 634 g/mol. The predicted octanol–water partition coefficient (Wildman–Crippen LogP) is 3.51. The maximum absolute atomic E-state index is 12.3. The van der Waals surface area contributed by atoms with Crippen molar-refractivity contribution in [1.82, 2.24) is 10.3 Å². The molecule has 1 atom stereocenters. The summed E-state index contributed by atoms with van der Waals surface area (Å²) in [6, 6.07) is 20.2. The summed E-state index contributed by atoms with van der Waals surface area (Å²) in [5, 5.41) is 2.81. The molecule has 3 rings (SSSR count). The largest absolute Gasteiger partial charge is 2.00 e. The molecule has 0 fully saturated rings. The Kier molecular flexibility index (Phi) is 11.2. The van der Waals surface area contributed by atoms with E-state index in [1.807, 2.05) is 42.5 Å². The van der Waals surface area contributed by atoms with E-state index in [0.29, 0.717) is 23.9 Å². The molecule has 1 N–H and O–H groups in total. The maximum atomic E-state index is 12.3. The molecular weight excluding hydrogens is 610 g/mol. The van der Waals surface area contributed by atoms with Crippen molar-refractivity contribution >= 4 is 16.7 Å². The molecular formula is C22H24N2O3SU. The smallest absolute Gasteiger partial charge is 0.453 e. The summed E-state index contributed by atoms with van der Waals surface area (Å²) in [5.41, 5.74) is 2.59. The summed E-state index contributed by atoms with van der Waals surface area (Å²) < 4.78 is 18.0. The van der Waals surface area contributed by atoms with Gasteiger partial charge in [-0.3, -0.25) is 9.00 Å². The quantitative estimate of drug-likeness (QED) is 0.386. The summed E-state index contributed by atoms with van der Waals surface area (Å²) in [6.07, 6.45) is 0.749. The number of nitrogens with zero attached hydrogens (tertiary/aromatic N) is 1. The molecule has 1 aromatic heterocycles. The van der Waals surface area contributed by atoms with Gasteiger partial charge < -0.3 is 17.2 Å². The number of oxazole rings is 1. The average Bonchev–Trinajstić information content (AvgIpc) is 3.03. The van der Waals surface area contributed by atoms with Crippen LogP contribution < -0.4 is 5.32 Å². The Balaban J connectivity index is 0.00000210. The van der Waals surface area contributed by atoms with Crippen LogP contribution in [0.5, 0.6) is 0 Å². The van der Waals surface area contributed by atoms with E-state index >= 15 is 0 Å². The molecule has 1 amide bonds. The van der Waals surface area contributed by atoms with Crippen LogP contribution in [0.15, 0.2) is 59.0 Å². The third kappa shape index (κ3) is 7.93. The first kappa shape index (κ1) is 25.4. The first-order valence-electron chi connectivity index (χ1n) is 8.70. The minimum atomic E-state index is -1.34. The molecule has 7 heteroatoms. The first-order chi connectivity index (χ1) is 13.1. The molecule has 0 saturated carbocycles. The van der Waals surface area contributed by atoms with Crippen LogP contribution in [0.2, 0.25) is 0 Å². The van der Waals surface area contributed by atoms with Crippen molar-refractivity contribution in [3.05, 3.63) is 85.1 Å². The summed E-state index contributed by atoms with van der Waals surface area (Å²) in [6.45, 7) is 2.31. The van der Waals surface area contributed by atoms with Gasteiger partial charge in [0.25, 0.3) is 0 Å². The van der Waals surface area contributed by atoms with Gasteiger partial charge in [-0.1, -0.05) is 35.9 Å². The van der Waals surface area contributed by atoms with Crippen LogP contribution >= 0.6 is 0 Å². The van der Waals surface area contributed by atoms with E-state index in [2.05, 4.69) is 16.4 Å². The molecule has 0 aliphatic rings. The number of hydrogen-bond donors (Lipinski definition) is 1. The number of aromatic nitrogens is 1. The third-order valence-corrected chi connectivity index (χ3v) is 5.19. The van der Waals surface area contributed by atoms with Crippen LogP contribution in [0.1, 0.15) is 17.0 Å². The van der Waals surface area contributed by atoms with Gasteiger partial charge in [-0.15, -0.1) is 0 Å². The molecule has 0 aliphatic carbocycles. The van der Waals surface area contributed by atoms with Crippen LogP contribution in [0.25, 0.3) is 11.5 Å². The number of carbonyl (C=O) groups excluding carboxylic acids is 1. The van der Waals surface area contributed by atoms with Crippen molar-refractivity contribution in [2.75, 3.05) is 12.3 Å². The third-order valence-electron chi connectivity index (χ3n) is 4.02. The maximum Gasteiger partial charge on any atom is 2.00 e. The van der Waals surface area contributed by atoms with Gasteiger partial charge in [0.05, 0.1) is 11.4 Å². The molecule has 0 radical (unpaired) electrons. The molecule has 3 aromatic rings. The molecule has 2 aromatic carbocycles. The van der Waals surface area contributed by atoms with Crippen LogP contribution in [0.4, 0.5) is 0 Å². The average molecular weight is 635 g/mol. The fourth-order valence-corrected chi connectivity index (χ4v) is 3.67. The summed E-state index contributed by atoms with van der Waals surface area (Å²) in [5.74, 6) is 1.02. The van der Waals surface area contributed by atoms with Gasteiger partial charge in [0.15, 0.2) is 5.89 Å². The molecule has 1 heterocycles. The zero-order chi connectivity index (χ0) is 19.1. The van der Waals surface area contributed by atoms with Crippen molar-refractivity contribution in [2.45, 2.75) is 19.1 Å². The van der Waals surface area contributed by atoms with Gasteiger partial charge in [-0.25, -0.2) is 4.98 Å². The minimum absolute atomic E-state index is 0. The second kappa shape index (κ2) is 12.8. The first-order valence-corrected chi connectivity index (χ1v) is 10.2. The Bertz CT molecular complexity index is 914. The van der Waals surface area contributed by atoms with E-state index < -0.39 is 10.8 Å². The summed E-state index contributed by atoms with van der Waals surface area (Å²) in [4.78, 5) is 16.4. The number of benzene rings is 2. The Morgan fingerprint density at radius 3 is 2.66 bits per heavy atom. The van der Waals surface area contributed by atoms with Crippen LogP contribution in [-0.4, -0.2) is 27.4 Å². The van der Waals surface area contributed by atoms with Gasteiger partial charge >= 0.3 is 31.1 Å². The molecule has 0 aliphatic heterocycles. The number of nitrogens with one attached hydrogen (secondary N) is 1. The van der Waals surface area contributed by atoms with E-state index in [-0.39, 0.29) is 56.0 Å². The number of amides is 1. The molecule has 0 spiro atoms. The van der Waals surface area contributed by atoms with E-state index in [4.69, 9.17) is 4.42 Å². The molecule has 5 nitrogen and oxygen atoms in total. The van der Waals surface area contributed by atoms with Gasteiger partial charge in [-0.05, 0) is 18.9 Å². The summed E-state index contributed by atoms with van der Waals surface area (Å²) in [7, 11) is -1.34. The SMILES string of the molecule is Cc1oc(-c2c[c-]ccc2)nc1CS(=O)CC(=O)NCCc1ccccc1.[CH3-].[U+2]. The number of aryl methyl sites for hydroxylation is 1. The molecule has 0 bridgehead atoms. The normalized spacial score (nSPS) is 11.1. The van der Waals surface area contributed by atoms with Gasteiger partial charge in [0.1, 0.15) is 11.5 Å². The van der Waals surface area contributed by atoms with Gasteiger partial charge in [0, 0.05) is 17.3 Å². The standard InChI is InChI=1S/C21H21N2O3S.CH3.U/c1-16-19(23-21(26-16)18-10-6-3-7-11-18)14-27(25)15-20(24)22-13-12-17-8-4-2-5-9-17;;/h2-6,8-11H,12-15H2,1H3,(H,22,24);1H3;/q2*-1;+2. The van der Waals surface area contributed by atoms with Crippen molar-refractivity contribution in [3.8, 4) is 11.5 Å². The zero-order valence-electron chi connectivity index (χ0n) is 16.6. The minimum Gasteiger partial charge on any atom is -0.453 e. The fraction of sp³-hybridized carbons (Fsp3) is 0.227. The molecule has 150 valence electrons. The Labute approximate surface area is 198 Å². The second-order valence-electron chi connectivity index (χ2n) is 6.13.